The lowest BCUT2D eigenvalue weighted by Crippen LogP contribution is -2.18. The van der Waals surface area contributed by atoms with E-state index in [4.69, 9.17) is 5.11 Å². The Morgan fingerprint density at radius 2 is 2.00 bits per heavy atom. The van der Waals surface area contributed by atoms with Crippen LogP contribution in [0.2, 0.25) is 0 Å². The number of aromatic nitrogens is 2. The first kappa shape index (κ1) is 15.9. The molecule has 24 heavy (non-hydrogen) atoms. The number of benzene rings is 1. The van der Waals surface area contributed by atoms with Crippen molar-refractivity contribution in [1.29, 1.82) is 0 Å². The number of para-hydroxylation sites is 1. The van der Waals surface area contributed by atoms with Crippen molar-refractivity contribution in [2.45, 2.75) is 13.8 Å². The maximum atomic E-state index is 11.5. The Balaban J connectivity index is 2.22. The van der Waals surface area contributed by atoms with E-state index in [-0.39, 0.29) is 11.6 Å². The molecule has 0 fully saturated rings. The number of aromatic amines is 1. The number of amides is 1. The van der Waals surface area contributed by atoms with Crippen molar-refractivity contribution in [3.05, 3.63) is 57.8 Å². The van der Waals surface area contributed by atoms with Crippen molar-refractivity contribution in [2.24, 2.45) is 0 Å². The molecule has 0 aliphatic heterocycles. The Morgan fingerprint density at radius 1 is 1.25 bits per heavy atom. The fourth-order valence-electron chi connectivity index (χ4n) is 2.57. The molecule has 1 amide bonds. The van der Waals surface area contributed by atoms with Crippen LogP contribution in [-0.2, 0) is 4.79 Å². The number of rotatable bonds is 4. The highest BCUT2D eigenvalue weighted by molar-refractivity contribution is 7.11. The smallest absolute Gasteiger partial charge is 0.355 e. The first-order valence-corrected chi connectivity index (χ1v) is 8.09. The van der Waals surface area contributed by atoms with Crippen molar-refractivity contribution in [3.8, 4) is 0 Å². The number of carboxylic acid groups (broad SMARTS) is 1. The fraction of sp³-hybridized carbons (Fsp3) is 0.118. The molecule has 0 spiro atoms. The highest BCUT2D eigenvalue weighted by Crippen LogP contribution is 2.33. The summed E-state index contributed by atoms with van der Waals surface area (Å²) in [4.78, 5) is 30.0. The van der Waals surface area contributed by atoms with E-state index in [9.17, 15) is 9.59 Å². The molecule has 3 N–H and O–H groups in total. The number of allylic oxidation sites excluding steroid dienone is 1. The molecule has 0 atom stereocenters. The molecule has 3 rings (SSSR count). The second-order valence-electron chi connectivity index (χ2n) is 5.27. The first-order valence-electron chi connectivity index (χ1n) is 7.21. The third-order valence-electron chi connectivity index (χ3n) is 3.53. The number of hydrogen-bond donors (Lipinski definition) is 3. The van der Waals surface area contributed by atoms with Gasteiger partial charge in [-0.1, -0.05) is 18.2 Å². The van der Waals surface area contributed by atoms with Crippen LogP contribution < -0.4 is 5.32 Å². The average Bonchev–Trinajstić information content (AvgIpc) is 3.15. The van der Waals surface area contributed by atoms with Gasteiger partial charge >= 0.3 is 5.97 Å². The van der Waals surface area contributed by atoms with Gasteiger partial charge < -0.3 is 15.4 Å². The van der Waals surface area contributed by atoms with Gasteiger partial charge in [-0.15, -0.1) is 11.3 Å². The number of carbonyl (C=O) groups excluding carboxylic acids is 1. The quantitative estimate of drug-likeness (QED) is 0.679. The molecule has 6 nitrogen and oxygen atoms in total. The lowest BCUT2D eigenvalue weighted by molar-refractivity contribution is -0.118. The summed E-state index contributed by atoms with van der Waals surface area (Å²) in [5.74, 6) is -1.27. The van der Waals surface area contributed by atoms with Crippen LogP contribution in [0.15, 0.2) is 41.5 Å². The van der Waals surface area contributed by atoms with Gasteiger partial charge in [-0.05, 0) is 13.0 Å². The Hall–Kier alpha value is -2.93. The van der Waals surface area contributed by atoms with Gasteiger partial charge in [0.1, 0.15) is 5.01 Å². The highest BCUT2D eigenvalue weighted by atomic mass is 32.1. The Kier molecular flexibility index (Phi) is 4.18. The molecule has 3 aromatic rings. The minimum absolute atomic E-state index is 0.0111. The predicted molar refractivity (Wildman–Crippen MR) is 92.9 cm³/mol. The summed E-state index contributed by atoms with van der Waals surface area (Å²) in [5.41, 5.74) is 3.14. The third-order valence-corrected chi connectivity index (χ3v) is 4.39. The van der Waals surface area contributed by atoms with Crippen molar-refractivity contribution < 1.29 is 14.7 Å². The Bertz CT molecular complexity index is 968. The average molecular weight is 341 g/mol. The van der Waals surface area contributed by atoms with E-state index in [0.29, 0.717) is 16.3 Å². The van der Waals surface area contributed by atoms with Gasteiger partial charge in [0.15, 0.2) is 5.69 Å². The fourth-order valence-corrected chi connectivity index (χ4v) is 3.48. The maximum Gasteiger partial charge on any atom is 0.355 e. The molecule has 0 aliphatic rings. The molecule has 0 saturated heterocycles. The minimum Gasteiger partial charge on any atom is -0.476 e. The number of thiazole rings is 1. The summed E-state index contributed by atoms with van der Waals surface area (Å²) < 4.78 is 0. The molecule has 0 radical (unpaired) electrons. The zero-order valence-corrected chi connectivity index (χ0v) is 13.9. The van der Waals surface area contributed by atoms with E-state index in [2.05, 4.69) is 15.3 Å². The van der Waals surface area contributed by atoms with E-state index in [0.717, 1.165) is 16.5 Å². The number of nitrogens with one attached hydrogen (secondary N) is 2. The monoisotopic (exact) mass is 341 g/mol. The number of carboxylic acids is 1. The lowest BCUT2D eigenvalue weighted by Gasteiger charge is -2.10. The molecule has 2 aromatic heterocycles. The second-order valence-corrected chi connectivity index (χ2v) is 6.13. The van der Waals surface area contributed by atoms with Gasteiger partial charge in [0.05, 0.1) is 0 Å². The van der Waals surface area contributed by atoms with Crippen molar-refractivity contribution >= 4 is 39.7 Å². The summed E-state index contributed by atoms with van der Waals surface area (Å²) in [6, 6.07) is 7.77. The highest BCUT2D eigenvalue weighted by Gasteiger charge is 2.19. The van der Waals surface area contributed by atoms with Crippen LogP contribution >= 0.6 is 11.3 Å². The zero-order valence-electron chi connectivity index (χ0n) is 13.1. The summed E-state index contributed by atoms with van der Waals surface area (Å²) in [5, 5.41) is 14.9. The Labute approximate surface area is 141 Å². The molecule has 122 valence electrons. The van der Waals surface area contributed by atoms with Crippen LogP contribution in [0.4, 0.5) is 0 Å². The Morgan fingerprint density at radius 3 is 2.67 bits per heavy atom. The van der Waals surface area contributed by atoms with Crippen molar-refractivity contribution in [1.82, 2.24) is 15.3 Å². The molecular weight excluding hydrogens is 326 g/mol. The number of carbonyl (C=O) groups is 2. The molecule has 1 aromatic carbocycles. The molecule has 7 heteroatoms. The van der Waals surface area contributed by atoms with Crippen LogP contribution in [0, 0.1) is 0 Å². The summed E-state index contributed by atoms with van der Waals surface area (Å²) in [6.45, 7) is 3.21. The largest absolute Gasteiger partial charge is 0.476 e. The van der Waals surface area contributed by atoms with Crippen LogP contribution in [-0.4, -0.2) is 27.0 Å². The number of H-pyrrole nitrogens is 1. The van der Waals surface area contributed by atoms with Gasteiger partial charge in [-0.25, -0.2) is 9.78 Å². The van der Waals surface area contributed by atoms with Gasteiger partial charge in [0.2, 0.25) is 5.91 Å². The van der Waals surface area contributed by atoms with Crippen molar-refractivity contribution in [2.75, 3.05) is 0 Å². The topological polar surface area (TPSA) is 95.1 Å². The number of hydrogen-bond acceptors (Lipinski definition) is 4. The van der Waals surface area contributed by atoms with Gasteiger partial charge in [0, 0.05) is 46.2 Å². The summed E-state index contributed by atoms with van der Waals surface area (Å²) in [7, 11) is 0. The third kappa shape index (κ3) is 2.93. The molecule has 0 bridgehead atoms. The van der Waals surface area contributed by atoms with E-state index < -0.39 is 5.97 Å². The predicted octanol–water partition coefficient (Wildman–Crippen LogP) is 3.24. The normalized spacial score (nSPS) is 12.1. The molecule has 2 heterocycles. The number of nitrogens with zero attached hydrogens (tertiary/aromatic N) is 1. The SMILES string of the molecule is CC(=O)N/C(C)=C(\c1nc(C(=O)O)cs1)c1c[nH]c2ccccc12. The van der Waals surface area contributed by atoms with Gasteiger partial charge in [-0.2, -0.15) is 0 Å². The number of fused-ring (bicyclic) bond motifs is 1. The summed E-state index contributed by atoms with van der Waals surface area (Å²) >= 11 is 1.23. The van der Waals surface area contributed by atoms with Crippen LogP contribution in [0.3, 0.4) is 0 Å². The molecular formula is C17H15N3O3S. The van der Waals surface area contributed by atoms with Crippen LogP contribution in [0.1, 0.15) is 34.9 Å². The first-order chi connectivity index (χ1) is 11.5. The van der Waals surface area contributed by atoms with E-state index in [1.54, 1.807) is 6.92 Å². The molecule has 0 saturated carbocycles. The van der Waals surface area contributed by atoms with Crippen molar-refractivity contribution in [3.63, 3.8) is 0 Å². The number of aromatic carboxylic acids is 1. The standard InChI is InChI=1S/C17H15N3O3S/c1-9(19-10(2)21)15(16-20-14(8-24-16)17(22)23)12-7-18-13-6-4-3-5-11(12)13/h3-8,18H,1-2H3,(H,19,21)(H,22,23)/b15-9-. The van der Waals surface area contributed by atoms with Gasteiger partial charge in [0.25, 0.3) is 0 Å². The summed E-state index contributed by atoms with van der Waals surface area (Å²) in [6.07, 6.45) is 1.84. The van der Waals surface area contributed by atoms with E-state index in [1.165, 1.54) is 23.6 Å². The van der Waals surface area contributed by atoms with E-state index in [1.807, 2.05) is 30.5 Å². The maximum absolute atomic E-state index is 11.5. The van der Waals surface area contributed by atoms with E-state index >= 15 is 0 Å². The minimum atomic E-state index is -1.08. The zero-order chi connectivity index (χ0) is 17.3. The second kappa shape index (κ2) is 6.29. The van der Waals surface area contributed by atoms with Crippen LogP contribution in [0.25, 0.3) is 16.5 Å². The molecule has 0 unspecified atom stereocenters. The lowest BCUT2D eigenvalue weighted by atomic mass is 10.0. The van der Waals surface area contributed by atoms with Crippen LogP contribution in [0.5, 0.6) is 0 Å². The van der Waals surface area contributed by atoms with Gasteiger partial charge in [-0.3, -0.25) is 4.79 Å². The molecule has 0 aliphatic carbocycles.